The maximum atomic E-state index is 11.3. The first kappa shape index (κ1) is 10.5. The average Bonchev–Trinajstić information content (AvgIpc) is 2.04. The third-order valence-electron chi connectivity index (χ3n) is 1.37. The largest absolute Gasteiger partial charge is 0.277 e. The van der Waals surface area contributed by atoms with Gasteiger partial charge < -0.3 is 0 Å². The van der Waals surface area contributed by atoms with Crippen molar-refractivity contribution in [3.05, 3.63) is 33.3 Å². The predicted octanol–water partition coefficient (Wildman–Crippen LogP) is 2.39. The number of carbonyl (C=O) groups is 1. The van der Waals surface area contributed by atoms with Crippen molar-refractivity contribution in [1.82, 2.24) is 5.48 Å². The quantitative estimate of drug-likeness (QED) is 0.833. The first-order valence-electron chi connectivity index (χ1n) is 3.43. The van der Waals surface area contributed by atoms with E-state index in [1.165, 1.54) is 7.11 Å². The van der Waals surface area contributed by atoms with E-state index in [9.17, 15) is 4.79 Å². The van der Waals surface area contributed by atoms with Gasteiger partial charge in [-0.1, -0.05) is 11.6 Å². The lowest BCUT2D eigenvalue weighted by molar-refractivity contribution is 0.0537. The maximum Gasteiger partial charge on any atom is 0.275 e. The molecule has 0 saturated heterocycles. The molecule has 3 nitrogen and oxygen atoms in total. The zero-order valence-corrected chi connectivity index (χ0v) is 9.15. The lowest BCUT2D eigenvalue weighted by atomic mass is 10.2. The summed E-state index contributed by atoms with van der Waals surface area (Å²) in [7, 11) is 1.38. The number of carbonyl (C=O) groups excluding carboxylic acids is 1. The first-order chi connectivity index (χ1) is 6.15. The van der Waals surface area contributed by atoms with E-state index >= 15 is 0 Å². The summed E-state index contributed by atoms with van der Waals surface area (Å²) in [5, 5.41) is 0.570. The fourth-order valence-corrected chi connectivity index (χ4v) is 1.68. The van der Waals surface area contributed by atoms with Crippen LogP contribution in [0.2, 0.25) is 5.02 Å². The normalized spacial score (nSPS) is 9.77. The van der Waals surface area contributed by atoms with Crippen LogP contribution in [-0.2, 0) is 4.84 Å². The number of hydrogen-bond acceptors (Lipinski definition) is 2. The van der Waals surface area contributed by atoms with Crippen LogP contribution in [0.15, 0.2) is 22.7 Å². The van der Waals surface area contributed by atoms with Crippen molar-refractivity contribution in [2.45, 2.75) is 0 Å². The molecule has 0 aliphatic rings. The summed E-state index contributed by atoms with van der Waals surface area (Å²) >= 11 is 8.92. The zero-order valence-electron chi connectivity index (χ0n) is 6.80. The van der Waals surface area contributed by atoms with Crippen molar-refractivity contribution < 1.29 is 9.63 Å². The van der Waals surface area contributed by atoms with E-state index in [0.717, 1.165) is 0 Å². The molecule has 0 heterocycles. The summed E-state index contributed by atoms with van der Waals surface area (Å²) in [6.45, 7) is 0. The van der Waals surface area contributed by atoms with Crippen LogP contribution in [0.1, 0.15) is 10.4 Å². The minimum atomic E-state index is -0.314. The Balaban J connectivity index is 2.95. The van der Waals surface area contributed by atoms with Crippen molar-refractivity contribution in [2.75, 3.05) is 7.11 Å². The Kier molecular flexibility index (Phi) is 3.71. The van der Waals surface area contributed by atoms with Gasteiger partial charge in [0.1, 0.15) is 0 Å². The highest BCUT2D eigenvalue weighted by Gasteiger charge is 2.08. The third-order valence-corrected chi connectivity index (χ3v) is 2.26. The fraction of sp³-hybridized carbons (Fsp3) is 0.125. The molecule has 0 atom stereocenters. The lowest BCUT2D eigenvalue weighted by Gasteiger charge is -2.03. The van der Waals surface area contributed by atoms with Gasteiger partial charge in [-0.2, -0.15) is 0 Å². The molecular formula is C8H7BrClNO2. The third kappa shape index (κ3) is 2.69. The smallest absolute Gasteiger partial charge is 0.275 e. The molecule has 0 bridgehead atoms. The van der Waals surface area contributed by atoms with Crippen LogP contribution in [0, 0.1) is 0 Å². The van der Waals surface area contributed by atoms with Crippen LogP contribution in [-0.4, -0.2) is 13.0 Å². The number of hydroxylamine groups is 1. The van der Waals surface area contributed by atoms with Gasteiger partial charge >= 0.3 is 0 Å². The summed E-state index contributed by atoms with van der Waals surface area (Å²) in [5.74, 6) is -0.314. The van der Waals surface area contributed by atoms with Gasteiger partial charge in [0.25, 0.3) is 5.91 Å². The SMILES string of the molecule is CONC(=O)c1ccc(Cl)cc1Br. The maximum absolute atomic E-state index is 11.3. The molecular weight excluding hydrogens is 257 g/mol. The molecule has 0 radical (unpaired) electrons. The van der Waals surface area contributed by atoms with Crippen molar-refractivity contribution >= 4 is 33.4 Å². The molecule has 1 aromatic carbocycles. The Morgan fingerprint density at radius 1 is 1.62 bits per heavy atom. The Labute approximate surface area is 89.1 Å². The first-order valence-corrected chi connectivity index (χ1v) is 4.60. The molecule has 70 valence electrons. The van der Waals surface area contributed by atoms with Crippen LogP contribution in [0.3, 0.4) is 0 Å². The number of nitrogens with one attached hydrogen (secondary N) is 1. The van der Waals surface area contributed by atoms with Crippen molar-refractivity contribution in [3.63, 3.8) is 0 Å². The number of hydrogen-bond donors (Lipinski definition) is 1. The van der Waals surface area contributed by atoms with E-state index in [2.05, 4.69) is 26.2 Å². The Bertz CT molecular complexity index is 330. The second kappa shape index (κ2) is 4.60. The number of amides is 1. The second-order valence-electron chi connectivity index (χ2n) is 2.26. The van der Waals surface area contributed by atoms with Gasteiger partial charge in [0.2, 0.25) is 0 Å². The molecule has 1 rings (SSSR count). The summed E-state index contributed by atoms with van der Waals surface area (Å²) in [4.78, 5) is 15.8. The minimum Gasteiger partial charge on any atom is -0.277 e. The molecule has 1 aromatic rings. The Morgan fingerprint density at radius 2 is 2.31 bits per heavy atom. The average molecular weight is 265 g/mol. The molecule has 1 N–H and O–H groups in total. The highest BCUT2D eigenvalue weighted by Crippen LogP contribution is 2.21. The van der Waals surface area contributed by atoms with Gasteiger partial charge in [-0.05, 0) is 34.1 Å². The summed E-state index contributed by atoms with van der Waals surface area (Å²) < 4.78 is 0.634. The van der Waals surface area contributed by atoms with Crippen LogP contribution in [0.4, 0.5) is 0 Å². The highest BCUT2D eigenvalue weighted by molar-refractivity contribution is 9.10. The van der Waals surface area contributed by atoms with Gasteiger partial charge in [-0.15, -0.1) is 0 Å². The van der Waals surface area contributed by atoms with Gasteiger partial charge in [0.05, 0.1) is 12.7 Å². The fourth-order valence-electron chi connectivity index (χ4n) is 0.821. The molecule has 0 aromatic heterocycles. The van der Waals surface area contributed by atoms with Crippen molar-refractivity contribution in [2.24, 2.45) is 0 Å². The van der Waals surface area contributed by atoms with E-state index in [-0.39, 0.29) is 5.91 Å². The van der Waals surface area contributed by atoms with Crippen LogP contribution in [0.5, 0.6) is 0 Å². The van der Waals surface area contributed by atoms with Crippen molar-refractivity contribution in [3.8, 4) is 0 Å². The molecule has 0 saturated carbocycles. The van der Waals surface area contributed by atoms with E-state index < -0.39 is 0 Å². The van der Waals surface area contributed by atoms with Crippen molar-refractivity contribution in [1.29, 1.82) is 0 Å². The molecule has 1 amide bonds. The highest BCUT2D eigenvalue weighted by atomic mass is 79.9. The molecule has 0 aliphatic heterocycles. The monoisotopic (exact) mass is 263 g/mol. The van der Waals surface area contributed by atoms with Gasteiger partial charge in [0.15, 0.2) is 0 Å². The summed E-state index contributed by atoms with van der Waals surface area (Å²) in [6, 6.07) is 4.89. The van der Waals surface area contributed by atoms with E-state index in [0.29, 0.717) is 15.1 Å². The molecule has 0 spiro atoms. The molecule has 5 heteroatoms. The zero-order chi connectivity index (χ0) is 9.84. The van der Waals surface area contributed by atoms with E-state index in [1.807, 2.05) is 0 Å². The number of rotatable bonds is 2. The van der Waals surface area contributed by atoms with E-state index in [4.69, 9.17) is 11.6 Å². The number of benzene rings is 1. The van der Waals surface area contributed by atoms with Gasteiger partial charge in [-0.3, -0.25) is 9.63 Å². The van der Waals surface area contributed by atoms with Crippen LogP contribution in [0.25, 0.3) is 0 Å². The minimum absolute atomic E-state index is 0.314. The van der Waals surface area contributed by atoms with E-state index in [1.54, 1.807) is 18.2 Å². The molecule has 13 heavy (non-hydrogen) atoms. The molecule has 0 aliphatic carbocycles. The summed E-state index contributed by atoms with van der Waals surface area (Å²) in [5.41, 5.74) is 2.69. The Morgan fingerprint density at radius 3 is 2.85 bits per heavy atom. The Hall–Kier alpha value is -0.580. The molecule has 0 fully saturated rings. The predicted molar refractivity (Wildman–Crippen MR) is 53.6 cm³/mol. The van der Waals surface area contributed by atoms with Crippen LogP contribution < -0.4 is 5.48 Å². The lowest BCUT2D eigenvalue weighted by Crippen LogP contribution is -2.22. The van der Waals surface area contributed by atoms with Gasteiger partial charge in [0, 0.05) is 9.50 Å². The summed E-state index contributed by atoms with van der Waals surface area (Å²) in [6.07, 6.45) is 0. The topological polar surface area (TPSA) is 38.3 Å². The standard InChI is InChI=1S/C8H7BrClNO2/c1-13-11-8(12)6-3-2-5(10)4-7(6)9/h2-4H,1H3,(H,11,12). The second-order valence-corrected chi connectivity index (χ2v) is 3.55. The van der Waals surface area contributed by atoms with Gasteiger partial charge in [-0.25, -0.2) is 5.48 Å². The van der Waals surface area contributed by atoms with Crippen LogP contribution >= 0.6 is 27.5 Å². The molecule has 0 unspecified atom stereocenters. The number of halogens is 2.